The van der Waals surface area contributed by atoms with Crippen LogP contribution in [0.4, 0.5) is 0 Å². The summed E-state index contributed by atoms with van der Waals surface area (Å²) in [5.41, 5.74) is -0.0410. The van der Waals surface area contributed by atoms with Crippen molar-refractivity contribution in [1.82, 2.24) is 15.5 Å². The van der Waals surface area contributed by atoms with Gasteiger partial charge in [0.25, 0.3) is 11.5 Å². The number of nitrogens with zero attached hydrogens (tertiary/aromatic N) is 1. The molecule has 17 heavy (non-hydrogen) atoms. The molecule has 0 spiro atoms. The molecule has 5 nitrogen and oxygen atoms in total. The van der Waals surface area contributed by atoms with E-state index in [4.69, 9.17) is 0 Å². The number of fused-ring (bicyclic) bond motifs is 2. The van der Waals surface area contributed by atoms with Crippen LogP contribution in [0.25, 0.3) is 0 Å². The molecule has 88 valence electrons. The third-order valence-corrected chi connectivity index (χ3v) is 3.51. The molecule has 0 aromatic carbocycles. The molecule has 0 saturated heterocycles. The monoisotopic (exact) mass is 231 g/mol. The van der Waals surface area contributed by atoms with Gasteiger partial charge in [0.05, 0.1) is 0 Å². The largest absolute Gasteiger partial charge is 0.347 e. The molecule has 1 aromatic rings. The lowest BCUT2D eigenvalue weighted by Crippen LogP contribution is -2.38. The number of aromatic amines is 1. The Labute approximate surface area is 97.9 Å². The smallest absolute Gasteiger partial charge is 0.271 e. The van der Waals surface area contributed by atoms with Crippen LogP contribution in [0.5, 0.6) is 0 Å². The molecule has 2 aliphatic carbocycles. The lowest BCUT2D eigenvalue weighted by molar-refractivity contribution is 0.0925. The fourth-order valence-corrected chi connectivity index (χ4v) is 2.66. The number of hydrogen-bond acceptors (Lipinski definition) is 3. The zero-order chi connectivity index (χ0) is 11.8. The van der Waals surface area contributed by atoms with Crippen LogP contribution in [0.2, 0.25) is 0 Å². The normalized spacial score (nSPS) is 29.5. The Balaban J connectivity index is 1.70. The number of aromatic nitrogens is 2. The van der Waals surface area contributed by atoms with E-state index in [9.17, 15) is 9.59 Å². The Hall–Kier alpha value is -1.91. The molecule has 1 aromatic heterocycles. The number of carbonyl (C=O) groups is 1. The summed E-state index contributed by atoms with van der Waals surface area (Å²) in [5, 5.41) is 8.95. The highest BCUT2D eigenvalue weighted by Gasteiger charge is 2.36. The summed E-state index contributed by atoms with van der Waals surface area (Å²) < 4.78 is 0. The molecule has 3 rings (SSSR count). The zero-order valence-electron chi connectivity index (χ0n) is 9.22. The fourth-order valence-electron chi connectivity index (χ4n) is 2.66. The van der Waals surface area contributed by atoms with Crippen LogP contribution in [0, 0.1) is 11.8 Å². The first kappa shape index (κ1) is 10.3. The number of hydrogen-bond donors (Lipinski definition) is 2. The fraction of sp³-hybridized carbons (Fsp3) is 0.417. The maximum atomic E-state index is 11.9. The van der Waals surface area contributed by atoms with Crippen LogP contribution in [-0.4, -0.2) is 22.1 Å². The predicted molar refractivity (Wildman–Crippen MR) is 61.5 cm³/mol. The van der Waals surface area contributed by atoms with Crippen molar-refractivity contribution in [3.63, 3.8) is 0 Å². The molecule has 0 radical (unpaired) electrons. The Bertz CT molecular complexity index is 514. The number of rotatable bonds is 2. The van der Waals surface area contributed by atoms with Gasteiger partial charge in [-0.2, -0.15) is 5.10 Å². The van der Waals surface area contributed by atoms with Gasteiger partial charge in [-0.1, -0.05) is 12.2 Å². The van der Waals surface area contributed by atoms with Crippen LogP contribution >= 0.6 is 0 Å². The standard InChI is InChI=1S/C12H13N3O2/c16-11-4-3-9(14-15-11)12(17)13-10-6-7-1-2-8(10)5-7/h1-4,7-8,10H,5-6H2,(H,13,17)(H,15,16). The summed E-state index contributed by atoms with van der Waals surface area (Å²) in [5.74, 6) is 0.868. The summed E-state index contributed by atoms with van der Waals surface area (Å²) in [6.07, 6.45) is 6.56. The van der Waals surface area contributed by atoms with Crippen molar-refractivity contribution in [3.8, 4) is 0 Å². The van der Waals surface area contributed by atoms with E-state index in [1.54, 1.807) is 0 Å². The molecule has 2 bridgehead atoms. The van der Waals surface area contributed by atoms with Crippen molar-refractivity contribution in [2.45, 2.75) is 18.9 Å². The van der Waals surface area contributed by atoms with Gasteiger partial charge in [0.15, 0.2) is 0 Å². The van der Waals surface area contributed by atoms with Gasteiger partial charge >= 0.3 is 0 Å². The van der Waals surface area contributed by atoms with Crippen molar-refractivity contribution in [2.75, 3.05) is 0 Å². The maximum absolute atomic E-state index is 11.9. The number of amides is 1. The molecule has 3 unspecified atom stereocenters. The van der Waals surface area contributed by atoms with Crippen LogP contribution in [-0.2, 0) is 0 Å². The molecule has 1 amide bonds. The van der Waals surface area contributed by atoms with Crippen LogP contribution < -0.4 is 10.9 Å². The number of H-pyrrole nitrogens is 1. The molecule has 1 saturated carbocycles. The highest BCUT2D eigenvalue weighted by Crippen LogP contribution is 2.38. The minimum Gasteiger partial charge on any atom is -0.347 e. The SMILES string of the molecule is O=C(NC1CC2C=CC1C2)c1ccc(=O)[nH]n1. The second kappa shape index (κ2) is 3.84. The lowest BCUT2D eigenvalue weighted by Gasteiger charge is -2.19. The Kier molecular flexibility index (Phi) is 2.31. The van der Waals surface area contributed by atoms with Crippen molar-refractivity contribution in [1.29, 1.82) is 0 Å². The highest BCUT2D eigenvalue weighted by atomic mass is 16.2. The number of nitrogens with one attached hydrogen (secondary N) is 2. The average Bonchev–Trinajstić information content (AvgIpc) is 2.91. The van der Waals surface area contributed by atoms with Crippen LogP contribution in [0.1, 0.15) is 23.3 Å². The first-order chi connectivity index (χ1) is 8.22. The molecule has 2 N–H and O–H groups in total. The summed E-state index contributed by atoms with van der Waals surface area (Å²) >= 11 is 0. The molecule has 0 aliphatic heterocycles. The van der Waals surface area contributed by atoms with E-state index in [0.29, 0.717) is 11.8 Å². The predicted octanol–water partition coefficient (Wildman–Crippen LogP) is 0.464. The topological polar surface area (TPSA) is 74.8 Å². The quantitative estimate of drug-likeness (QED) is 0.726. The molecule has 3 atom stereocenters. The minimum absolute atomic E-state index is 0.214. The van der Waals surface area contributed by atoms with E-state index >= 15 is 0 Å². The van der Waals surface area contributed by atoms with Crippen LogP contribution in [0.15, 0.2) is 29.1 Å². The second-order valence-corrected chi connectivity index (χ2v) is 4.67. The molecule has 1 fully saturated rings. The molecular weight excluding hydrogens is 218 g/mol. The lowest BCUT2D eigenvalue weighted by atomic mass is 10.0. The van der Waals surface area contributed by atoms with E-state index in [1.807, 2.05) is 0 Å². The van der Waals surface area contributed by atoms with Gasteiger partial charge in [-0.3, -0.25) is 9.59 Å². The van der Waals surface area contributed by atoms with E-state index < -0.39 is 0 Å². The molecular formula is C12H13N3O2. The second-order valence-electron chi connectivity index (χ2n) is 4.67. The van der Waals surface area contributed by atoms with Gasteiger partial charge in [0.2, 0.25) is 0 Å². The van der Waals surface area contributed by atoms with Gasteiger partial charge in [-0.25, -0.2) is 5.10 Å². The molecule has 1 heterocycles. The summed E-state index contributed by atoms with van der Waals surface area (Å²) in [6.45, 7) is 0. The van der Waals surface area contributed by atoms with Crippen molar-refractivity contribution >= 4 is 5.91 Å². The van der Waals surface area contributed by atoms with Gasteiger partial charge in [0, 0.05) is 12.1 Å². The Morgan fingerprint density at radius 3 is 2.82 bits per heavy atom. The van der Waals surface area contributed by atoms with Crippen molar-refractivity contribution in [3.05, 3.63) is 40.3 Å². The van der Waals surface area contributed by atoms with Gasteiger partial charge in [0.1, 0.15) is 5.69 Å². The maximum Gasteiger partial charge on any atom is 0.271 e. The first-order valence-electron chi connectivity index (χ1n) is 5.77. The first-order valence-corrected chi connectivity index (χ1v) is 5.77. The highest BCUT2D eigenvalue weighted by molar-refractivity contribution is 5.92. The van der Waals surface area contributed by atoms with Crippen molar-refractivity contribution in [2.24, 2.45) is 11.8 Å². The summed E-state index contributed by atoms with van der Waals surface area (Å²) in [4.78, 5) is 22.7. The zero-order valence-corrected chi connectivity index (χ0v) is 9.22. The third kappa shape index (κ3) is 1.88. The third-order valence-electron chi connectivity index (χ3n) is 3.51. The van der Waals surface area contributed by atoms with E-state index in [0.717, 1.165) is 12.8 Å². The van der Waals surface area contributed by atoms with E-state index in [-0.39, 0.29) is 23.2 Å². The summed E-state index contributed by atoms with van der Waals surface area (Å²) in [6, 6.07) is 2.96. The average molecular weight is 231 g/mol. The molecule has 2 aliphatic rings. The Morgan fingerprint density at radius 1 is 1.35 bits per heavy atom. The van der Waals surface area contributed by atoms with E-state index in [1.165, 1.54) is 12.1 Å². The van der Waals surface area contributed by atoms with E-state index in [2.05, 4.69) is 27.7 Å². The minimum atomic E-state index is -0.301. The van der Waals surface area contributed by atoms with Gasteiger partial charge in [-0.05, 0) is 30.7 Å². The van der Waals surface area contributed by atoms with Crippen LogP contribution in [0.3, 0.4) is 0 Å². The Morgan fingerprint density at radius 2 is 2.24 bits per heavy atom. The van der Waals surface area contributed by atoms with Crippen molar-refractivity contribution < 1.29 is 4.79 Å². The van der Waals surface area contributed by atoms with Gasteiger partial charge in [-0.15, -0.1) is 0 Å². The summed E-state index contributed by atoms with van der Waals surface area (Å²) in [7, 11) is 0. The van der Waals surface area contributed by atoms with Gasteiger partial charge < -0.3 is 5.32 Å². The number of carbonyl (C=O) groups excluding carboxylic acids is 1. The molecule has 5 heteroatoms. The number of allylic oxidation sites excluding steroid dienone is 1.